The van der Waals surface area contributed by atoms with Crippen molar-refractivity contribution in [2.45, 2.75) is 72.9 Å². The average Bonchev–Trinajstić information content (AvgIpc) is 3.28. The van der Waals surface area contributed by atoms with Crippen LogP contribution >= 0.6 is 0 Å². The van der Waals surface area contributed by atoms with Crippen LogP contribution in [0, 0.1) is 12.3 Å². The highest BCUT2D eigenvalue weighted by Crippen LogP contribution is 2.65. The number of nitrogens with zero attached hydrogens (tertiary/aromatic N) is 3. The molecule has 29 heavy (non-hydrogen) atoms. The predicted molar refractivity (Wildman–Crippen MR) is 125 cm³/mol. The fourth-order valence-corrected chi connectivity index (χ4v) is 6.21. The molecule has 2 aliphatic heterocycles. The van der Waals surface area contributed by atoms with Gasteiger partial charge in [-0.1, -0.05) is 59.7 Å². The Morgan fingerprint density at radius 1 is 0.931 bits per heavy atom. The van der Waals surface area contributed by atoms with Crippen LogP contribution in [0.5, 0.6) is 0 Å². The van der Waals surface area contributed by atoms with Gasteiger partial charge in [-0.3, -0.25) is 0 Å². The highest BCUT2D eigenvalue weighted by Gasteiger charge is 2.63. The summed E-state index contributed by atoms with van der Waals surface area (Å²) in [5, 5.41) is 0. The minimum absolute atomic E-state index is 0.0568. The third-order valence-electron chi connectivity index (χ3n) is 8.60. The maximum atomic E-state index is 2.71. The van der Waals surface area contributed by atoms with E-state index in [1.165, 1.54) is 39.1 Å². The van der Waals surface area contributed by atoms with E-state index in [-0.39, 0.29) is 16.4 Å². The van der Waals surface area contributed by atoms with E-state index in [1.807, 2.05) is 13.8 Å². The summed E-state index contributed by atoms with van der Waals surface area (Å²) in [6, 6.07) is 9.12. The topological polar surface area (TPSA) is 13.1 Å². The van der Waals surface area contributed by atoms with Crippen molar-refractivity contribution < 1.29 is 0 Å². The molecule has 0 N–H and O–H groups in total. The van der Waals surface area contributed by atoms with E-state index < -0.39 is 0 Å². The van der Waals surface area contributed by atoms with Gasteiger partial charge in [0.05, 0.1) is 22.3 Å². The van der Waals surface area contributed by atoms with Crippen LogP contribution in [0.4, 0.5) is 5.69 Å². The van der Waals surface area contributed by atoms with Gasteiger partial charge in [-0.25, -0.2) is 0 Å². The molecule has 3 aromatic rings. The molecule has 1 atom stereocenters. The lowest BCUT2D eigenvalue weighted by Crippen LogP contribution is -2.62. The van der Waals surface area contributed by atoms with Gasteiger partial charge in [-0.15, -0.1) is 0 Å². The van der Waals surface area contributed by atoms with Gasteiger partial charge in [0.2, 0.25) is 0 Å². The van der Waals surface area contributed by atoms with Gasteiger partial charge in [0.1, 0.15) is 0 Å². The summed E-state index contributed by atoms with van der Waals surface area (Å²) in [5.74, 6) is 0. The zero-order chi connectivity index (χ0) is 21.5. The molecule has 3 heteroatoms. The molecule has 4 heterocycles. The second-order valence-corrected chi connectivity index (χ2v) is 9.93. The number of aromatic nitrogens is 2. The third-order valence-corrected chi connectivity index (χ3v) is 8.60. The molecule has 0 fully saturated rings. The Morgan fingerprint density at radius 3 is 2.24 bits per heavy atom. The first kappa shape index (κ1) is 20.1. The quantitative estimate of drug-likeness (QED) is 0.432. The predicted octanol–water partition coefficient (Wildman–Crippen LogP) is 6.40. The van der Waals surface area contributed by atoms with E-state index in [9.17, 15) is 0 Å². The van der Waals surface area contributed by atoms with Crippen LogP contribution in [0.15, 0.2) is 30.5 Å². The van der Waals surface area contributed by atoms with Crippen molar-refractivity contribution in [1.82, 2.24) is 9.13 Å². The zero-order valence-corrected chi connectivity index (χ0v) is 19.9. The van der Waals surface area contributed by atoms with Gasteiger partial charge in [0.15, 0.2) is 0 Å². The lowest BCUT2D eigenvalue weighted by atomic mass is 9.52. The molecule has 0 bridgehead atoms. The minimum Gasteiger partial charge on any atom is -0.355 e. The van der Waals surface area contributed by atoms with E-state index in [2.05, 4.69) is 100 Å². The zero-order valence-electron chi connectivity index (χ0n) is 19.9. The molecule has 0 saturated carbocycles. The fraction of sp³-hybridized carbons (Fsp3) is 0.538. The average molecular weight is 392 g/mol. The Labute approximate surface area is 176 Å². The van der Waals surface area contributed by atoms with Crippen LogP contribution in [-0.4, -0.2) is 9.13 Å². The molecule has 1 aromatic carbocycles. The Kier molecular flexibility index (Phi) is 4.12. The monoisotopic (exact) mass is 391 g/mol. The van der Waals surface area contributed by atoms with Gasteiger partial charge in [0, 0.05) is 43.5 Å². The van der Waals surface area contributed by atoms with Crippen molar-refractivity contribution >= 4 is 16.7 Å². The van der Waals surface area contributed by atoms with E-state index in [0.29, 0.717) is 0 Å². The van der Waals surface area contributed by atoms with Gasteiger partial charge in [-0.05, 0) is 36.5 Å². The highest BCUT2D eigenvalue weighted by molar-refractivity contribution is 5.87. The van der Waals surface area contributed by atoms with Crippen LogP contribution in [0.25, 0.3) is 11.0 Å². The number of para-hydroxylation sites is 1. The van der Waals surface area contributed by atoms with E-state index >= 15 is 0 Å². The van der Waals surface area contributed by atoms with Crippen molar-refractivity contribution in [3.05, 3.63) is 52.8 Å². The summed E-state index contributed by atoms with van der Waals surface area (Å²) in [4.78, 5) is 2.71. The molecule has 0 aliphatic carbocycles. The number of aryl methyl sites for hydroxylation is 3. The van der Waals surface area contributed by atoms with E-state index in [0.717, 1.165) is 6.54 Å². The van der Waals surface area contributed by atoms with Crippen molar-refractivity contribution in [1.29, 1.82) is 0 Å². The molecular weight excluding hydrogens is 354 g/mol. The molecular formula is C26H37N3. The second-order valence-electron chi connectivity index (χ2n) is 9.93. The molecule has 3 nitrogen and oxygen atoms in total. The minimum atomic E-state index is -0.0568. The number of hydrogen-bond acceptors (Lipinski definition) is 1. The SMILES string of the molecule is CC.Cc1cccc2c1N1Cc3c(n(C)c4ccn(C)c34)C1(C)C(C)(C)C2(C)C. The molecule has 0 radical (unpaired) electrons. The van der Waals surface area contributed by atoms with Crippen LogP contribution in [0.3, 0.4) is 0 Å². The van der Waals surface area contributed by atoms with Crippen LogP contribution in [-0.2, 0) is 31.6 Å². The maximum Gasteiger partial charge on any atom is 0.0842 e. The number of rotatable bonds is 0. The first-order valence-electron chi connectivity index (χ1n) is 11.1. The van der Waals surface area contributed by atoms with E-state index in [4.69, 9.17) is 0 Å². The maximum absolute atomic E-state index is 2.71. The molecule has 0 amide bonds. The fourth-order valence-electron chi connectivity index (χ4n) is 6.21. The van der Waals surface area contributed by atoms with E-state index in [1.54, 1.807) is 0 Å². The number of anilines is 1. The Balaban J connectivity index is 0.000000994. The Morgan fingerprint density at radius 2 is 1.59 bits per heavy atom. The smallest absolute Gasteiger partial charge is 0.0842 e. The van der Waals surface area contributed by atoms with Crippen LogP contribution in [0.1, 0.15) is 70.9 Å². The second kappa shape index (κ2) is 5.93. The molecule has 156 valence electrons. The summed E-state index contributed by atoms with van der Waals surface area (Å²) in [5.41, 5.74) is 10.1. The molecule has 5 rings (SSSR count). The lowest BCUT2D eigenvalue weighted by molar-refractivity contribution is 0.0640. The summed E-state index contributed by atoms with van der Waals surface area (Å²) in [7, 11) is 4.43. The number of fused-ring (bicyclic) bond motifs is 7. The Hall–Kier alpha value is -2.16. The van der Waals surface area contributed by atoms with Gasteiger partial charge >= 0.3 is 0 Å². The lowest BCUT2D eigenvalue weighted by Gasteiger charge is -2.61. The number of hydrogen-bond donors (Lipinski definition) is 0. The van der Waals surface area contributed by atoms with Crippen molar-refractivity contribution in [2.75, 3.05) is 4.90 Å². The molecule has 2 aliphatic rings. The first-order chi connectivity index (χ1) is 13.5. The summed E-state index contributed by atoms with van der Waals surface area (Å²) in [6.45, 7) is 19.6. The summed E-state index contributed by atoms with van der Waals surface area (Å²) < 4.78 is 4.76. The highest BCUT2D eigenvalue weighted by atomic mass is 15.3. The van der Waals surface area contributed by atoms with Crippen molar-refractivity contribution in [2.24, 2.45) is 19.5 Å². The number of benzene rings is 1. The van der Waals surface area contributed by atoms with Crippen LogP contribution in [0.2, 0.25) is 0 Å². The summed E-state index contributed by atoms with van der Waals surface area (Å²) in [6.07, 6.45) is 2.19. The van der Waals surface area contributed by atoms with Gasteiger partial charge < -0.3 is 14.0 Å². The first-order valence-corrected chi connectivity index (χ1v) is 11.1. The van der Waals surface area contributed by atoms with Gasteiger partial charge in [0.25, 0.3) is 0 Å². The standard InChI is InChI=1S/C24H31N3.C2H6/c1-15-10-9-11-17-19(15)27-14-16-20-18(12-13-25(20)7)26(8)21(16)24(27,6)23(4,5)22(17,2)3;1-2/h9-13H,14H2,1-8H3;1-2H3. The van der Waals surface area contributed by atoms with Gasteiger partial charge in [-0.2, -0.15) is 0 Å². The van der Waals surface area contributed by atoms with Crippen molar-refractivity contribution in [3.8, 4) is 0 Å². The normalized spacial score (nSPS) is 23.3. The molecule has 1 unspecified atom stereocenters. The molecule has 2 aromatic heterocycles. The van der Waals surface area contributed by atoms with Crippen molar-refractivity contribution in [3.63, 3.8) is 0 Å². The Bertz CT molecular complexity index is 1110. The molecule has 0 saturated heterocycles. The third kappa shape index (κ3) is 2.04. The van der Waals surface area contributed by atoms with Crippen LogP contribution < -0.4 is 4.90 Å². The molecule has 0 spiro atoms. The summed E-state index contributed by atoms with van der Waals surface area (Å²) >= 11 is 0. The largest absolute Gasteiger partial charge is 0.355 e.